The minimum absolute atomic E-state index is 0.133. The molecule has 0 saturated heterocycles. The first-order chi connectivity index (χ1) is 12.1. The molecule has 0 radical (unpaired) electrons. The number of para-hydroxylation sites is 1. The Bertz CT molecular complexity index is 970. The highest BCUT2D eigenvalue weighted by Gasteiger charge is 2.22. The summed E-state index contributed by atoms with van der Waals surface area (Å²) >= 11 is 0. The molecule has 0 aliphatic heterocycles. The maximum atomic E-state index is 12.2. The number of aromatic amines is 1. The molecule has 2 N–H and O–H groups in total. The molecule has 2 aromatic carbocycles. The van der Waals surface area contributed by atoms with Gasteiger partial charge in [0.1, 0.15) is 0 Å². The number of anilines is 1. The summed E-state index contributed by atoms with van der Waals surface area (Å²) in [6, 6.07) is 15.5. The number of hydrogen-bond acceptors (Lipinski definition) is 5. The van der Waals surface area contributed by atoms with Crippen LogP contribution in [0.25, 0.3) is 10.9 Å². The number of fused-ring (bicyclic) bond motifs is 1. The SMILES string of the molecule is C[C@H](OC(=O)c1n[nH]c2ccccc12)C(=O)Nc1ccc(C#N)cc1. The molecule has 0 aliphatic carbocycles. The number of benzene rings is 2. The largest absolute Gasteiger partial charge is 0.448 e. The lowest BCUT2D eigenvalue weighted by Crippen LogP contribution is -2.30. The van der Waals surface area contributed by atoms with Gasteiger partial charge in [-0.3, -0.25) is 9.89 Å². The number of aromatic nitrogens is 2. The zero-order chi connectivity index (χ0) is 17.8. The molecule has 7 nitrogen and oxygen atoms in total. The van der Waals surface area contributed by atoms with Crippen molar-refractivity contribution in [1.29, 1.82) is 5.26 Å². The van der Waals surface area contributed by atoms with E-state index in [1.807, 2.05) is 12.1 Å². The van der Waals surface area contributed by atoms with Crippen LogP contribution in [0.4, 0.5) is 5.69 Å². The highest BCUT2D eigenvalue weighted by molar-refractivity contribution is 6.03. The number of nitrogens with zero attached hydrogens (tertiary/aromatic N) is 2. The predicted octanol–water partition coefficient (Wildman–Crippen LogP) is 2.62. The van der Waals surface area contributed by atoms with Crippen molar-refractivity contribution in [1.82, 2.24) is 10.2 Å². The van der Waals surface area contributed by atoms with Gasteiger partial charge in [-0.15, -0.1) is 0 Å². The Morgan fingerprint density at radius 1 is 1.20 bits per heavy atom. The number of H-pyrrole nitrogens is 1. The smallest absolute Gasteiger partial charge is 0.360 e. The Morgan fingerprint density at radius 2 is 1.92 bits per heavy atom. The number of nitrogens with one attached hydrogen (secondary N) is 2. The number of amides is 1. The van der Waals surface area contributed by atoms with E-state index in [1.54, 1.807) is 42.5 Å². The van der Waals surface area contributed by atoms with Crippen LogP contribution in [-0.2, 0) is 9.53 Å². The van der Waals surface area contributed by atoms with Gasteiger partial charge in [-0.1, -0.05) is 18.2 Å². The number of carbonyl (C=O) groups excluding carboxylic acids is 2. The van der Waals surface area contributed by atoms with Crippen LogP contribution in [0.5, 0.6) is 0 Å². The van der Waals surface area contributed by atoms with Gasteiger partial charge in [0.15, 0.2) is 11.8 Å². The average molecular weight is 334 g/mol. The van der Waals surface area contributed by atoms with Gasteiger partial charge < -0.3 is 10.1 Å². The summed E-state index contributed by atoms with van der Waals surface area (Å²) in [5, 5.41) is 18.7. The lowest BCUT2D eigenvalue weighted by atomic mass is 10.2. The number of carbonyl (C=O) groups is 2. The second-order valence-corrected chi connectivity index (χ2v) is 5.34. The maximum Gasteiger partial charge on any atom is 0.360 e. The zero-order valence-corrected chi connectivity index (χ0v) is 13.3. The molecule has 7 heteroatoms. The van der Waals surface area contributed by atoms with E-state index in [9.17, 15) is 9.59 Å². The van der Waals surface area contributed by atoms with E-state index < -0.39 is 18.0 Å². The van der Waals surface area contributed by atoms with E-state index in [0.717, 1.165) is 0 Å². The fourth-order valence-corrected chi connectivity index (χ4v) is 2.26. The van der Waals surface area contributed by atoms with Gasteiger partial charge in [-0.2, -0.15) is 10.4 Å². The average Bonchev–Trinajstić information content (AvgIpc) is 3.06. The van der Waals surface area contributed by atoms with Crippen LogP contribution in [0, 0.1) is 11.3 Å². The number of hydrogen-bond donors (Lipinski definition) is 2. The minimum atomic E-state index is -1.00. The molecule has 0 bridgehead atoms. The van der Waals surface area contributed by atoms with Crippen LogP contribution in [-0.4, -0.2) is 28.2 Å². The second-order valence-electron chi connectivity index (χ2n) is 5.34. The van der Waals surface area contributed by atoms with Gasteiger partial charge in [-0.25, -0.2) is 4.79 Å². The van der Waals surface area contributed by atoms with Crippen molar-refractivity contribution in [3.63, 3.8) is 0 Å². The van der Waals surface area contributed by atoms with Crippen LogP contribution in [0.15, 0.2) is 48.5 Å². The highest BCUT2D eigenvalue weighted by atomic mass is 16.5. The quantitative estimate of drug-likeness (QED) is 0.713. The standard InChI is InChI=1S/C18H14N4O3/c1-11(17(23)20-13-8-6-12(10-19)7-9-13)25-18(24)16-14-4-2-3-5-15(14)21-22-16/h2-9,11H,1H3,(H,20,23)(H,21,22)/t11-/m0/s1. The van der Waals surface area contributed by atoms with Gasteiger partial charge in [-0.05, 0) is 37.3 Å². The van der Waals surface area contributed by atoms with E-state index in [1.165, 1.54) is 6.92 Å². The maximum absolute atomic E-state index is 12.2. The summed E-state index contributed by atoms with van der Waals surface area (Å²) < 4.78 is 5.20. The Balaban J connectivity index is 1.66. The number of ether oxygens (including phenoxy) is 1. The molecule has 3 rings (SSSR count). The summed E-state index contributed by atoms with van der Waals surface area (Å²) in [6.45, 7) is 1.48. The first kappa shape index (κ1) is 16.2. The monoisotopic (exact) mass is 334 g/mol. The summed E-state index contributed by atoms with van der Waals surface area (Å²) in [6.07, 6.45) is -1.00. The summed E-state index contributed by atoms with van der Waals surface area (Å²) in [4.78, 5) is 24.4. The third kappa shape index (κ3) is 3.48. The van der Waals surface area contributed by atoms with Crippen LogP contribution in [0.3, 0.4) is 0 Å². The van der Waals surface area contributed by atoms with Crippen molar-refractivity contribution in [3.8, 4) is 6.07 Å². The molecule has 1 heterocycles. The second kappa shape index (κ2) is 6.84. The van der Waals surface area contributed by atoms with Crippen LogP contribution in [0.2, 0.25) is 0 Å². The van der Waals surface area contributed by atoms with Crippen molar-refractivity contribution < 1.29 is 14.3 Å². The van der Waals surface area contributed by atoms with Crippen LogP contribution < -0.4 is 5.32 Å². The Kier molecular flexibility index (Phi) is 4.44. The van der Waals surface area contributed by atoms with Crippen molar-refractivity contribution in [2.75, 3.05) is 5.32 Å². The Hall–Kier alpha value is -3.66. The zero-order valence-electron chi connectivity index (χ0n) is 13.3. The van der Waals surface area contributed by atoms with Gasteiger partial charge in [0.25, 0.3) is 5.91 Å². The molecule has 0 saturated carbocycles. The van der Waals surface area contributed by atoms with Crippen molar-refractivity contribution in [2.24, 2.45) is 0 Å². The van der Waals surface area contributed by atoms with Gasteiger partial charge in [0.05, 0.1) is 17.1 Å². The number of nitriles is 1. The number of rotatable bonds is 4. The molecular formula is C18H14N4O3. The number of esters is 1. The molecule has 25 heavy (non-hydrogen) atoms. The Morgan fingerprint density at radius 3 is 2.64 bits per heavy atom. The minimum Gasteiger partial charge on any atom is -0.448 e. The molecule has 1 atom stereocenters. The molecule has 124 valence electrons. The summed E-state index contributed by atoms with van der Waals surface area (Å²) in [5.74, 6) is -1.15. The van der Waals surface area contributed by atoms with Gasteiger partial charge >= 0.3 is 5.97 Å². The molecular weight excluding hydrogens is 320 g/mol. The lowest BCUT2D eigenvalue weighted by Gasteiger charge is -2.13. The summed E-state index contributed by atoms with van der Waals surface area (Å²) in [7, 11) is 0. The van der Waals surface area contributed by atoms with E-state index >= 15 is 0 Å². The van der Waals surface area contributed by atoms with E-state index in [-0.39, 0.29) is 5.69 Å². The van der Waals surface area contributed by atoms with Crippen molar-refractivity contribution in [3.05, 3.63) is 59.8 Å². The highest BCUT2D eigenvalue weighted by Crippen LogP contribution is 2.17. The first-order valence-electron chi connectivity index (χ1n) is 7.53. The third-order valence-electron chi connectivity index (χ3n) is 3.60. The molecule has 0 aliphatic rings. The Labute approximate surface area is 143 Å². The predicted molar refractivity (Wildman–Crippen MR) is 90.8 cm³/mol. The molecule has 1 aromatic heterocycles. The van der Waals surface area contributed by atoms with Gasteiger partial charge in [0.2, 0.25) is 0 Å². The third-order valence-corrected chi connectivity index (χ3v) is 3.60. The molecule has 0 fully saturated rings. The molecule has 0 spiro atoms. The van der Waals surface area contributed by atoms with E-state index in [0.29, 0.717) is 22.2 Å². The molecule has 1 amide bonds. The topological polar surface area (TPSA) is 108 Å². The first-order valence-corrected chi connectivity index (χ1v) is 7.53. The molecule has 0 unspecified atom stereocenters. The van der Waals surface area contributed by atoms with E-state index in [2.05, 4.69) is 15.5 Å². The van der Waals surface area contributed by atoms with Crippen LogP contribution >= 0.6 is 0 Å². The van der Waals surface area contributed by atoms with E-state index in [4.69, 9.17) is 10.00 Å². The van der Waals surface area contributed by atoms with Crippen molar-refractivity contribution >= 4 is 28.5 Å². The van der Waals surface area contributed by atoms with Crippen LogP contribution in [0.1, 0.15) is 23.0 Å². The lowest BCUT2D eigenvalue weighted by molar-refractivity contribution is -0.123. The summed E-state index contributed by atoms with van der Waals surface area (Å²) in [5.41, 5.74) is 1.85. The molecule has 3 aromatic rings. The van der Waals surface area contributed by atoms with Crippen molar-refractivity contribution in [2.45, 2.75) is 13.0 Å². The normalized spacial score (nSPS) is 11.5. The fraction of sp³-hybridized carbons (Fsp3) is 0.111. The van der Waals surface area contributed by atoms with Gasteiger partial charge in [0, 0.05) is 11.1 Å². The fourth-order valence-electron chi connectivity index (χ4n) is 2.26.